The van der Waals surface area contributed by atoms with Gasteiger partial charge in [0.25, 0.3) is 0 Å². The smallest absolute Gasteiger partial charge is 0.315 e. The van der Waals surface area contributed by atoms with Crippen LogP contribution < -0.4 is 21.7 Å². The molecule has 0 saturated carbocycles. The van der Waals surface area contributed by atoms with E-state index in [1.165, 1.54) is 0 Å². The predicted molar refractivity (Wildman–Crippen MR) is 141 cm³/mol. The molecule has 0 bridgehead atoms. The molecule has 0 radical (unpaired) electrons. The molecule has 4 unspecified atom stereocenters. The van der Waals surface area contributed by atoms with Crippen LogP contribution in [-0.2, 0) is 16.9 Å². The fraction of sp³-hybridized carbons (Fsp3) is 0.500. The zero-order chi connectivity index (χ0) is 26.1. The Morgan fingerprint density at radius 2 is 1.57 bits per heavy atom. The van der Waals surface area contributed by atoms with Crippen molar-refractivity contribution >= 4 is 12.3 Å². The lowest BCUT2D eigenvalue weighted by molar-refractivity contribution is -0.115. The van der Waals surface area contributed by atoms with E-state index in [1.54, 1.807) is 24.3 Å². The molecule has 0 aliphatic heterocycles. The second-order valence-corrected chi connectivity index (χ2v) is 10.7. The molecule has 2 aromatic rings. The Balaban J connectivity index is 2.37. The van der Waals surface area contributed by atoms with Crippen molar-refractivity contribution in [1.29, 1.82) is 0 Å². The Morgan fingerprint density at radius 3 is 2.09 bits per heavy atom. The normalized spacial score (nSPS) is 16.1. The van der Waals surface area contributed by atoms with Crippen LogP contribution in [-0.4, -0.2) is 41.2 Å². The summed E-state index contributed by atoms with van der Waals surface area (Å²) in [5, 5.41) is 20.8. The van der Waals surface area contributed by atoms with Gasteiger partial charge in [-0.3, -0.25) is 0 Å². The summed E-state index contributed by atoms with van der Waals surface area (Å²) in [6, 6.07) is 16.4. The number of nitrogens with one attached hydrogen (secondary N) is 3. The third-order valence-corrected chi connectivity index (χ3v) is 5.99. The highest BCUT2D eigenvalue weighted by atomic mass is 16.3. The first-order chi connectivity index (χ1) is 16.5. The Bertz CT molecular complexity index is 915. The van der Waals surface area contributed by atoms with Gasteiger partial charge in [0.15, 0.2) is 0 Å². The summed E-state index contributed by atoms with van der Waals surface area (Å²) in [7, 11) is 0. The molecule has 2 aromatic carbocycles. The van der Waals surface area contributed by atoms with Crippen molar-refractivity contribution in [1.82, 2.24) is 16.0 Å². The van der Waals surface area contributed by atoms with Crippen LogP contribution in [0.4, 0.5) is 4.79 Å². The van der Waals surface area contributed by atoms with Gasteiger partial charge in [0, 0.05) is 18.1 Å². The van der Waals surface area contributed by atoms with E-state index in [-0.39, 0.29) is 5.54 Å². The lowest BCUT2D eigenvalue weighted by Crippen LogP contribution is -2.67. The molecule has 0 heterocycles. The van der Waals surface area contributed by atoms with Crippen LogP contribution in [0.3, 0.4) is 0 Å². The summed E-state index contributed by atoms with van der Waals surface area (Å²) in [6.45, 7) is 10.6. The summed E-state index contributed by atoms with van der Waals surface area (Å²) in [5.74, 6) is 0.426. The van der Waals surface area contributed by atoms with Gasteiger partial charge >= 0.3 is 6.03 Å². The number of carbonyl (C=O) groups is 2. The van der Waals surface area contributed by atoms with Crippen LogP contribution in [0.25, 0.3) is 0 Å². The van der Waals surface area contributed by atoms with Gasteiger partial charge in [-0.2, -0.15) is 0 Å². The fourth-order valence-corrected chi connectivity index (χ4v) is 4.14. The standard InChI is InChI=1S/C28H42N4O3/c1-20(2)16-17-23(32-27(3,4)5)24(34)25(28(29,19-33)22-14-10-7-11-15-22)31-26(35)30-18-21-12-8-6-9-13-21/h6-15,19-20,23-25,32,34H,16-18,29H2,1-5H3,(H2,30,31,35). The topological polar surface area (TPSA) is 116 Å². The van der Waals surface area contributed by atoms with Gasteiger partial charge in [-0.25, -0.2) is 4.79 Å². The Labute approximate surface area is 209 Å². The molecular weight excluding hydrogens is 440 g/mol. The lowest BCUT2D eigenvalue weighted by atomic mass is 9.79. The van der Waals surface area contributed by atoms with E-state index in [9.17, 15) is 14.7 Å². The van der Waals surface area contributed by atoms with E-state index in [2.05, 4.69) is 29.8 Å². The highest BCUT2D eigenvalue weighted by Crippen LogP contribution is 2.26. The van der Waals surface area contributed by atoms with Crippen LogP contribution in [0.15, 0.2) is 60.7 Å². The number of aliphatic hydroxyl groups is 1. The fourth-order valence-electron chi connectivity index (χ4n) is 4.14. The number of amides is 2. The average molecular weight is 483 g/mol. The molecule has 7 heteroatoms. The molecule has 6 N–H and O–H groups in total. The number of nitrogens with two attached hydrogens (primary N) is 1. The van der Waals surface area contributed by atoms with Gasteiger partial charge in [-0.1, -0.05) is 74.5 Å². The highest BCUT2D eigenvalue weighted by molar-refractivity contribution is 5.77. The Morgan fingerprint density at radius 1 is 1.00 bits per heavy atom. The quantitative estimate of drug-likeness (QED) is 0.297. The van der Waals surface area contributed by atoms with Crippen molar-refractivity contribution in [3.8, 4) is 0 Å². The Hall–Kier alpha value is -2.74. The minimum Gasteiger partial charge on any atom is -0.389 e. The van der Waals surface area contributed by atoms with Gasteiger partial charge in [-0.15, -0.1) is 0 Å². The number of hydrogen-bond acceptors (Lipinski definition) is 5. The molecular formula is C28H42N4O3. The third kappa shape index (κ3) is 8.76. The molecule has 192 valence electrons. The van der Waals surface area contributed by atoms with Crippen molar-refractivity contribution < 1.29 is 14.7 Å². The maximum atomic E-state index is 13.0. The minimum atomic E-state index is -1.64. The molecule has 2 rings (SSSR count). The first kappa shape index (κ1) is 28.5. The number of hydrogen-bond donors (Lipinski definition) is 5. The number of aldehydes is 1. The molecule has 35 heavy (non-hydrogen) atoms. The molecule has 0 spiro atoms. The van der Waals surface area contributed by atoms with Gasteiger partial charge in [0.1, 0.15) is 11.8 Å². The molecule has 0 saturated heterocycles. The van der Waals surface area contributed by atoms with Crippen LogP contribution in [0.2, 0.25) is 0 Å². The zero-order valence-corrected chi connectivity index (χ0v) is 21.6. The van der Waals surface area contributed by atoms with E-state index in [1.807, 2.05) is 57.2 Å². The summed E-state index contributed by atoms with van der Waals surface area (Å²) >= 11 is 0. The van der Waals surface area contributed by atoms with E-state index < -0.39 is 29.8 Å². The number of carbonyl (C=O) groups excluding carboxylic acids is 2. The van der Waals surface area contributed by atoms with Crippen molar-refractivity contribution in [3.63, 3.8) is 0 Å². The number of aliphatic hydroxyl groups excluding tert-OH is 1. The minimum absolute atomic E-state index is 0.298. The van der Waals surface area contributed by atoms with Gasteiger partial charge < -0.3 is 31.6 Å². The van der Waals surface area contributed by atoms with E-state index in [4.69, 9.17) is 5.73 Å². The summed E-state index contributed by atoms with van der Waals surface area (Å²) in [4.78, 5) is 25.5. The van der Waals surface area contributed by atoms with Crippen molar-refractivity contribution in [3.05, 3.63) is 71.8 Å². The molecule has 0 aliphatic carbocycles. The third-order valence-electron chi connectivity index (χ3n) is 5.99. The van der Waals surface area contributed by atoms with E-state index in [0.29, 0.717) is 30.7 Å². The summed E-state index contributed by atoms with van der Waals surface area (Å²) in [6.07, 6.45) is 1.00. The maximum Gasteiger partial charge on any atom is 0.315 e. The summed E-state index contributed by atoms with van der Waals surface area (Å²) < 4.78 is 0. The average Bonchev–Trinajstić information content (AvgIpc) is 2.83. The first-order valence-corrected chi connectivity index (χ1v) is 12.3. The second kappa shape index (κ2) is 12.8. The van der Waals surface area contributed by atoms with E-state index in [0.717, 1.165) is 12.0 Å². The number of rotatable bonds is 12. The van der Waals surface area contributed by atoms with Crippen LogP contribution in [0.1, 0.15) is 58.6 Å². The largest absolute Gasteiger partial charge is 0.389 e. The van der Waals surface area contributed by atoms with Gasteiger partial charge in [-0.05, 0) is 50.7 Å². The summed E-state index contributed by atoms with van der Waals surface area (Å²) in [5.41, 5.74) is 6.19. The second-order valence-electron chi connectivity index (χ2n) is 10.7. The van der Waals surface area contributed by atoms with Crippen molar-refractivity contribution in [2.75, 3.05) is 0 Å². The van der Waals surface area contributed by atoms with E-state index >= 15 is 0 Å². The van der Waals surface area contributed by atoms with Gasteiger partial charge in [0.2, 0.25) is 0 Å². The van der Waals surface area contributed by atoms with Crippen molar-refractivity contribution in [2.45, 2.75) is 83.3 Å². The molecule has 0 aliphatic rings. The lowest BCUT2D eigenvalue weighted by Gasteiger charge is -2.42. The molecule has 0 aromatic heterocycles. The maximum absolute atomic E-state index is 13.0. The van der Waals surface area contributed by atoms with Crippen molar-refractivity contribution in [2.24, 2.45) is 11.7 Å². The molecule has 4 atom stereocenters. The number of urea groups is 1. The van der Waals surface area contributed by atoms with Crippen LogP contribution in [0, 0.1) is 5.92 Å². The predicted octanol–water partition coefficient (Wildman–Crippen LogP) is 3.46. The first-order valence-electron chi connectivity index (χ1n) is 12.3. The Kier molecular flexibility index (Phi) is 10.4. The highest BCUT2D eigenvalue weighted by Gasteiger charge is 2.45. The van der Waals surface area contributed by atoms with Crippen LogP contribution in [0.5, 0.6) is 0 Å². The molecule has 7 nitrogen and oxygen atoms in total. The van der Waals surface area contributed by atoms with Crippen LogP contribution >= 0.6 is 0 Å². The SMILES string of the molecule is CC(C)CCC(NC(C)(C)C)C(O)C(NC(=O)NCc1ccccc1)C(N)(C=O)c1ccccc1. The van der Waals surface area contributed by atoms with Gasteiger partial charge in [0.05, 0.1) is 12.1 Å². The zero-order valence-electron chi connectivity index (χ0n) is 21.6. The monoisotopic (exact) mass is 482 g/mol. The molecule has 0 fully saturated rings. The molecule has 2 amide bonds. The number of benzene rings is 2.